The van der Waals surface area contributed by atoms with Crippen LogP contribution in [0.5, 0.6) is 0 Å². The van der Waals surface area contributed by atoms with E-state index in [-0.39, 0.29) is 18.0 Å². The first-order chi connectivity index (χ1) is 15.6. The van der Waals surface area contributed by atoms with E-state index in [1.54, 1.807) is 0 Å². The number of rotatable bonds is 7. The molecule has 1 radical (unpaired) electrons. The van der Waals surface area contributed by atoms with Crippen LogP contribution in [-0.4, -0.2) is 79.6 Å². The van der Waals surface area contributed by atoms with Crippen molar-refractivity contribution in [2.45, 2.75) is 57.5 Å². The number of piperidine rings is 1. The highest BCUT2D eigenvalue weighted by atomic mass is 16.5. The maximum Gasteiger partial charge on any atom is 0.249 e. The van der Waals surface area contributed by atoms with Gasteiger partial charge in [-0.1, -0.05) is 19.1 Å². The number of benzene rings is 1. The molecule has 2 amide bonds. The van der Waals surface area contributed by atoms with Gasteiger partial charge in [0, 0.05) is 19.1 Å². The normalized spacial score (nSPS) is 23.1. The molecule has 0 bridgehead atoms. The number of amides is 2. The highest BCUT2D eigenvalue weighted by molar-refractivity contribution is 5.94. The zero-order valence-corrected chi connectivity index (χ0v) is 19.3. The van der Waals surface area contributed by atoms with Gasteiger partial charge in [-0.2, -0.15) is 0 Å². The van der Waals surface area contributed by atoms with E-state index in [4.69, 9.17) is 10.5 Å². The summed E-state index contributed by atoms with van der Waals surface area (Å²) >= 11 is 0. The third kappa shape index (κ3) is 5.00. The number of carbonyl (C=O) groups excluding carboxylic acids is 2. The minimum atomic E-state index is -0.413. The summed E-state index contributed by atoms with van der Waals surface area (Å²) in [5.41, 5.74) is 8.42. The summed E-state index contributed by atoms with van der Waals surface area (Å²) in [6.45, 7) is 7.58. The lowest BCUT2D eigenvalue weighted by molar-refractivity contribution is -0.145. The maximum atomic E-state index is 13.9. The van der Waals surface area contributed by atoms with Gasteiger partial charge < -0.3 is 20.7 Å². The van der Waals surface area contributed by atoms with Crippen molar-refractivity contribution in [1.29, 1.82) is 0 Å². The van der Waals surface area contributed by atoms with Gasteiger partial charge in [0.15, 0.2) is 0 Å². The van der Waals surface area contributed by atoms with Gasteiger partial charge >= 0.3 is 0 Å². The molecule has 3 aliphatic rings. The van der Waals surface area contributed by atoms with Crippen LogP contribution in [0.15, 0.2) is 12.1 Å². The Bertz CT molecular complexity index is 802. The molecule has 7 heteroatoms. The van der Waals surface area contributed by atoms with E-state index in [1.807, 2.05) is 11.0 Å². The number of hydrogen-bond donors (Lipinski definition) is 2. The number of ether oxygens (including phenoxy) is 1. The zero-order chi connectivity index (χ0) is 22.5. The molecule has 1 aromatic rings. The second-order valence-corrected chi connectivity index (χ2v) is 9.33. The van der Waals surface area contributed by atoms with Crippen molar-refractivity contribution in [2.24, 2.45) is 11.7 Å². The van der Waals surface area contributed by atoms with Gasteiger partial charge in [0.1, 0.15) is 0 Å². The van der Waals surface area contributed by atoms with Gasteiger partial charge in [0.25, 0.3) is 0 Å². The summed E-state index contributed by atoms with van der Waals surface area (Å²) in [5, 5.41) is 3.45. The number of aryl methyl sites for hydroxylation is 1. The second kappa shape index (κ2) is 10.8. The second-order valence-electron chi connectivity index (χ2n) is 9.33. The number of fused-ring (bicyclic) bond motifs is 1. The number of hydrogen-bond acceptors (Lipinski definition) is 5. The Kier molecular flexibility index (Phi) is 7.81. The molecule has 2 unspecified atom stereocenters. The average Bonchev–Trinajstić information content (AvgIpc) is 2.84. The molecule has 3 N–H and O–H groups in total. The fraction of sp³-hybridized carbons (Fsp3) is 0.680. The molecule has 2 saturated heterocycles. The molecule has 7 nitrogen and oxygen atoms in total. The van der Waals surface area contributed by atoms with Crippen molar-refractivity contribution >= 4 is 11.8 Å². The Hall–Kier alpha value is -1.96. The number of nitrogens with zero attached hydrogens (tertiary/aromatic N) is 2. The van der Waals surface area contributed by atoms with Crippen molar-refractivity contribution in [1.82, 2.24) is 15.1 Å². The molecular formula is C25H37N4O3. The van der Waals surface area contributed by atoms with Gasteiger partial charge in [-0.3, -0.25) is 14.5 Å². The fourth-order valence-corrected chi connectivity index (χ4v) is 5.76. The van der Waals surface area contributed by atoms with E-state index in [9.17, 15) is 9.59 Å². The average molecular weight is 442 g/mol. The molecule has 175 valence electrons. The first-order valence-corrected chi connectivity index (χ1v) is 12.2. The topological polar surface area (TPSA) is 87.9 Å². The molecule has 0 aromatic heterocycles. The first-order valence-electron chi connectivity index (χ1n) is 12.2. The Labute approximate surface area is 191 Å². The quantitative estimate of drug-likeness (QED) is 0.668. The number of primary amides is 1. The molecule has 2 atom stereocenters. The summed E-state index contributed by atoms with van der Waals surface area (Å²) in [7, 11) is 0. The summed E-state index contributed by atoms with van der Waals surface area (Å²) < 4.78 is 5.51. The number of morpholine rings is 1. The number of nitrogens with one attached hydrogen (secondary N) is 1. The molecule has 0 saturated carbocycles. The van der Waals surface area contributed by atoms with E-state index in [0.29, 0.717) is 37.8 Å². The van der Waals surface area contributed by atoms with Crippen LogP contribution in [0.2, 0.25) is 0 Å². The van der Waals surface area contributed by atoms with E-state index < -0.39 is 5.91 Å². The SMILES string of the molecule is CCCN(C1CCc2cc[c]c(C(N)=O)c2C1)C(C(=O)N1CCOCC1)C1CCNCC1. The fourth-order valence-electron chi connectivity index (χ4n) is 5.76. The van der Waals surface area contributed by atoms with Crippen LogP contribution >= 0.6 is 0 Å². The van der Waals surface area contributed by atoms with Gasteiger partial charge in [0.05, 0.1) is 24.8 Å². The zero-order valence-electron chi connectivity index (χ0n) is 19.3. The lowest BCUT2D eigenvalue weighted by Crippen LogP contribution is -2.59. The molecule has 32 heavy (non-hydrogen) atoms. The summed E-state index contributed by atoms with van der Waals surface area (Å²) in [6.07, 6.45) is 5.68. The highest BCUT2D eigenvalue weighted by Crippen LogP contribution is 2.32. The number of nitrogens with two attached hydrogens (primary N) is 1. The van der Waals surface area contributed by atoms with Crippen LogP contribution in [-0.2, 0) is 22.4 Å². The van der Waals surface area contributed by atoms with Crippen LogP contribution in [0.4, 0.5) is 0 Å². The standard InChI is InChI=1S/C25H37N4O3/c1-2-12-29(20-7-6-18-4-3-5-21(24(26)30)22(18)17-20)23(19-8-10-27-11-9-19)25(31)28-13-15-32-16-14-28/h3-4,19-20,23,27H,2,6-17H2,1H3,(H2,26,30). The lowest BCUT2D eigenvalue weighted by atomic mass is 9.81. The van der Waals surface area contributed by atoms with Gasteiger partial charge in [-0.15, -0.1) is 0 Å². The first kappa shape index (κ1) is 23.2. The summed E-state index contributed by atoms with van der Waals surface area (Å²) in [5.74, 6) is 0.190. The van der Waals surface area contributed by atoms with Gasteiger partial charge in [-0.25, -0.2) is 0 Å². The van der Waals surface area contributed by atoms with Crippen molar-refractivity contribution < 1.29 is 14.3 Å². The summed E-state index contributed by atoms with van der Waals surface area (Å²) in [4.78, 5) is 30.5. The predicted octanol–water partition coefficient (Wildman–Crippen LogP) is 1.38. The molecule has 4 rings (SSSR count). The predicted molar refractivity (Wildman–Crippen MR) is 123 cm³/mol. The summed E-state index contributed by atoms with van der Waals surface area (Å²) in [6, 6.07) is 7.04. The van der Waals surface area contributed by atoms with Crippen LogP contribution in [0, 0.1) is 12.0 Å². The Balaban J connectivity index is 1.64. The molecule has 2 aliphatic heterocycles. The van der Waals surface area contributed by atoms with E-state index >= 15 is 0 Å². The monoisotopic (exact) mass is 441 g/mol. The van der Waals surface area contributed by atoms with Crippen molar-refractivity contribution in [3.05, 3.63) is 34.9 Å². The Morgan fingerprint density at radius 3 is 2.72 bits per heavy atom. The van der Waals surface area contributed by atoms with Crippen LogP contribution in [0.3, 0.4) is 0 Å². The smallest absolute Gasteiger partial charge is 0.249 e. The lowest BCUT2D eigenvalue weighted by Gasteiger charge is -2.45. The van der Waals surface area contributed by atoms with Crippen LogP contribution in [0.25, 0.3) is 0 Å². The Morgan fingerprint density at radius 1 is 1.28 bits per heavy atom. The van der Waals surface area contributed by atoms with E-state index in [0.717, 1.165) is 63.7 Å². The van der Waals surface area contributed by atoms with Gasteiger partial charge in [0.2, 0.25) is 11.8 Å². The van der Waals surface area contributed by atoms with E-state index in [2.05, 4.69) is 29.3 Å². The minimum absolute atomic E-state index is 0.119. The third-order valence-electron chi connectivity index (χ3n) is 7.35. The molecular weight excluding hydrogens is 404 g/mol. The van der Waals surface area contributed by atoms with Crippen LogP contribution < -0.4 is 11.1 Å². The van der Waals surface area contributed by atoms with Crippen molar-refractivity contribution in [3.8, 4) is 0 Å². The molecule has 2 fully saturated rings. The third-order valence-corrected chi connectivity index (χ3v) is 7.35. The molecule has 1 aromatic carbocycles. The molecule has 0 spiro atoms. The van der Waals surface area contributed by atoms with Crippen LogP contribution in [0.1, 0.15) is 54.1 Å². The van der Waals surface area contributed by atoms with Crippen molar-refractivity contribution in [3.63, 3.8) is 0 Å². The molecule has 2 heterocycles. The largest absolute Gasteiger partial charge is 0.378 e. The van der Waals surface area contributed by atoms with E-state index in [1.165, 1.54) is 5.56 Å². The minimum Gasteiger partial charge on any atom is -0.378 e. The van der Waals surface area contributed by atoms with Crippen molar-refractivity contribution in [2.75, 3.05) is 45.9 Å². The Morgan fingerprint density at radius 2 is 2.03 bits per heavy atom. The maximum absolute atomic E-state index is 13.9. The van der Waals surface area contributed by atoms with Gasteiger partial charge in [-0.05, 0) is 81.3 Å². The number of carbonyl (C=O) groups is 2. The molecule has 1 aliphatic carbocycles. The highest BCUT2D eigenvalue weighted by Gasteiger charge is 2.41.